The lowest BCUT2D eigenvalue weighted by molar-refractivity contribution is -0.0350. The molecule has 1 aliphatic heterocycles. The number of pyridine rings is 2. The summed E-state index contributed by atoms with van der Waals surface area (Å²) >= 11 is 0. The van der Waals surface area contributed by atoms with E-state index < -0.39 is 0 Å². The second kappa shape index (κ2) is 9.03. The van der Waals surface area contributed by atoms with Gasteiger partial charge < -0.3 is 14.8 Å². The third-order valence-electron chi connectivity index (χ3n) is 5.01. The average Bonchev–Trinajstić information content (AvgIpc) is 2.76. The summed E-state index contributed by atoms with van der Waals surface area (Å²) in [6.45, 7) is 5.26. The van der Waals surface area contributed by atoms with Gasteiger partial charge >= 0.3 is 0 Å². The van der Waals surface area contributed by atoms with Crippen LogP contribution in [0.25, 0.3) is 0 Å². The molecule has 2 aromatic heterocycles. The Morgan fingerprint density at radius 3 is 2.86 bits per heavy atom. The van der Waals surface area contributed by atoms with Crippen molar-refractivity contribution in [2.45, 2.75) is 19.6 Å². The molecule has 29 heavy (non-hydrogen) atoms. The number of morpholine rings is 1. The predicted octanol–water partition coefficient (Wildman–Crippen LogP) is 4.11. The summed E-state index contributed by atoms with van der Waals surface area (Å²) in [7, 11) is 1.73. The summed E-state index contributed by atoms with van der Waals surface area (Å²) in [5, 5.41) is 3.25. The van der Waals surface area contributed by atoms with Gasteiger partial charge in [0, 0.05) is 31.4 Å². The Balaban J connectivity index is 1.45. The van der Waals surface area contributed by atoms with Crippen LogP contribution in [-0.4, -0.2) is 41.7 Å². The van der Waals surface area contributed by atoms with E-state index in [1.807, 2.05) is 36.4 Å². The van der Waals surface area contributed by atoms with Gasteiger partial charge in [0.2, 0.25) is 0 Å². The number of methoxy groups -OCH3 is 1. The van der Waals surface area contributed by atoms with Gasteiger partial charge in [-0.25, -0.2) is 9.97 Å². The van der Waals surface area contributed by atoms with E-state index >= 15 is 0 Å². The Labute approximate surface area is 171 Å². The van der Waals surface area contributed by atoms with Crippen LogP contribution in [0.5, 0.6) is 5.75 Å². The number of hydrogen-bond acceptors (Lipinski definition) is 6. The highest BCUT2D eigenvalue weighted by Gasteiger charge is 2.24. The average molecular weight is 390 g/mol. The molecule has 1 unspecified atom stereocenters. The first-order valence-electron chi connectivity index (χ1n) is 9.84. The normalized spacial score (nSPS) is 17.1. The highest BCUT2D eigenvalue weighted by Crippen LogP contribution is 2.26. The molecule has 0 bridgehead atoms. The van der Waals surface area contributed by atoms with Crippen LogP contribution < -0.4 is 10.1 Å². The van der Waals surface area contributed by atoms with Gasteiger partial charge in [-0.1, -0.05) is 24.3 Å². The zero-order chi connectivity index (χ0) is 20.1. The van der Waals surface area contributed by atoms with Gasteiger partial charge in [-0.05, 0) is 42.8 Å². The fourth-order valence-electron chi connectivity index (χ4n) is 3.52. The molecule has 6 heteroatoms. The van der Waals surface area contributed by atoms with E-state index in [0.717, 1.165) is 42.7 Å². The Kier molecular flexibility index (Phi) is 6.03. The highest BCUT2D eigenvalue weighted by atomic mass is 16.5. The maximum Gasteiger partial charge on any atom is 0.131 e. The van der Waals surface area contributed by atoms with Gasteiger partial charge in [0.1, 0.15) is 23.5 Å². The van der Waals surface area contributed by atoms with Crippen LogP contribution in [0.4, 0.5) is 11.6 Å². The third kappa shape index (κ3) is 4.91. The molecule has 1 N–H and O–H groups in total. The second-order valence-corrected chi connectivity index (χ2v) is 7.20. The van der Waals surface area contributed by atoms with Crippen molar-refractivity contribution in [3.05, 3.63) is 77.6 Å². The molecule has 1 aliphatic rings. The van der Waals surface area contributed by atoms with Gasteiger partial charge in [-0.3, -0.25) is 4.90 Å². The van der Waals surface area contributed by atoms with Crippen molar-refractivity contribution < 1.29 is 9.47 Å². The van der Waals surface area contributed by atoms with Crippen LogP contribution in [-0.2, 0) is 11.3 Å². The topological polar surface area (TPSA) is 59.5 Å². The first-order valence-corrected chi connectivity index (χ1v) is 9.84. The molecule has 150 valence electrons. The van der Waals surface area contributed by atoms with Gasteiger partial charge in [-0.15, -0.1) is 0 Å². The SMILES string of the molecule is COc1cc(C)ccc1CN1CCOC(c2cccc(Nc3ccccn3)n2)C1. The lowest BCUT2D eigenvalue weighted by atomic mass is 10.1. The monoisotopic (exact) mass is 390 g/mol. The number of nitrogens with one attached hydrogen (secondary N) is 1. The Morgan fingerprint density at radius 2 is 2.03 bits per heavy atom. The number of nitrogens with zero attached hydrogens (tertiary/aromatic N) is 3. The molecular formula is C23H26N4O2. The van der Waals surface area contributed by atoms with Crippen molar-refractivity contribution in [1.82, 2.24) is 14.9 Å². The van der Waals surface area contributed by atoms with Gasteiger partial charge in [-0.2, -0.15) is 0 Å². The van der Waals surface area contributed by atoms with Crippen molar-refractivity contribution in [3.63, 3.8) is 0 Å². The number of rotatable bonds is 6. The minimum absolute atomic E-state index is 0.0642. The number of benzene rings is 1. The van der Waals surface area contributed by atoms with E-state index in [2.05, 4.69) is 40.3 Å². The Morgan fingerprint density at radius 1 is 1.14 bits per heavy atom. The summed E-state index contributed by atoms with van der Waals surface area (Å²) in [6, 6.07) is 18.1. The van der Waals surface area contributed by atoms with Crippen LogP contribution in [0.3, 0.4) is 0 Å². The van der Waals surface area contributed by atoms with Crippen LogP contribution >= 0.6 is 0 Å². The first kappa shape index (κ1) is 19.4. The third-order valence-corrected chi connectivity index (χ3v) is 5.01. The van der Waals surface area contributed by atoms with Gasteiger partial charge in [0.05, 0.1) is 19.4 Å². The zero-order valence-corrected chi connectivity index (χ0v) is 16.8. The van der Waals surface area contributed by atoms with Crippen LogP contribution in [0.15, 0.2) is 60.8 Å². The van der Waals surface area contributed by atoms with Crippen molar-refractivity contribution in [2.75, 3.05) is 32.1 Å². The lowest BCUT2D eigenvalue weighted by Gasteiger charge is -2.33. The molecule has 0 spiro atoms. The molecule has 0 saturated carbocycles. The standard InChI is InChI=1S/C23H26N4O2/c1-17-9-10-18(20(14-17)28-2)15-27-12-13-29-21(16-27)19-6-5-8-23(25-19)26-22-7-3-4-11-24-22/h3-11,14,21H,12-13,15-16H2,1-2H3,(H,24,25,26). The molecule has 1 aromatic carbocycles. The fraction of sp³-hybridized carbons (Fsp3) is 0.304. The van der Waals surface area contributed by atoms with E-state index in [0.29, 0.717) is 6.61 Å². The van der Waals surface area contributed by atoms with Crippen molar-refractivity contribution in [2.24, 2.45) is 0 Å². The maximum absolute atomic E-state index is 6.03. The quantitative estimate of drug-likeness (QED) is 0.684. The summed E-state index contributed by atoms with van der Waals surface area (Å²) in [4.78, 5) is 11.4. The second-order valence-electron chi connectivity index (χ2n) is 7.20. The summed E-state index contributed by atoms with van der Waals surface area (Å²) in [5.74, 6) is 2.48. The molecule has 3 heterocycles. The first-order chi connectivity index (χ1) is 14.2. The molecule has 3 aromatic rings. The summed E-state index contributed by atoms with van der Waals surface area (Å²) < 4.78 is 11.6. The van der Waals surface area contributed by atoms with Crippen molar-refractivity contribution in [3.8, 4) is 5.75 Å². The lowest BCUT2D eigenvalue weighted by Crippen LogP contribution is -2.38. The minimum atomic E-state index is -0.0642. The van der Waals surface area contributed by atoms with E-state index in [-0.39, 0.29) is 6.10 Å². The minimum Gasteiger partial charge on any atom is -0.496 e. The number of aromatic nitrogens is 2. The molecule has 1 saturated heterocycles. The highest BCUT2D eigenvalue weighted by molar-refractivity contribution is 5.51. The largest absolute Gasteiger partial charge is 0.496 e. The molecule has 6 nitrogen and oxygen atoms in total. The summed E-state index contributed by atoms with van der Waals surface area (Å²) in [5.41, 5.74) is 3.32. The molecule has 4 rings (SSSR count). The van der Waals surface area contributed by atoms with E-state index in [1.165, 1.54) is 11.1 Å². The summed E-state index contributed by atoms with van der Waals surface area (Å²) in [6.07, 6.45) is 1.69. The molecular weight excluding hydrogens is 364 g/mol. The zero-order valence-electron chi connectivity index (χ0n) is 16.8. The van der Waals surface area contributed by atoms with E-state index in [1.54, 1.807) is 13.3 Å². The van der Waals surface area contributed by atoms with Crippen LogP contribution in [0, 0.1) is 6.92 Å². The predicted molar refractivity (Wildman–Crippen MR) is 113 cm³/mol. The maximum atomic E-state index is 6.03. The number of ether oxygens (including phenoxy) is 2. The van der Waals surface area contributed by atoms with E-state index in [4.69, 9.17) is 14.5 Å². The molecule has 0 amide bonds. The number of hydrogen-bond donors (Lipinski definition) is 1. The van der Waals surface area contributed by atoms with Gasteiger partial charge in [0.15, 0.2) is 0 Å². The van der Waals surface area contributed by atoms with Crippen LogP contribution in [0.2, 0.25) is 0 Å². The Hall–Kier alpha value is -2.96. The number of anilines is 2. The molecule has 1 fully saturated rings. The Bertz CT molecular complexity index is 949. The van der Waals surface area contributed by atoms with E-state index in [9.17, 15) is 0 Å². The van der Waals surface area contributed by atoms with Crippen molar-refractivity contribution >= 4 is 11.6 Å². The smallest absolute Gasteiger partial charge is 0.131 e. The van der Waals surface area contributed by atoms with Gasteiger partial charge in [0.25, 0.3) is 0 Å². The molecule has 0 radical (unpaired) electrons. The number of aryl methyl sites for hydroxylation is 1. The van der Waals surface area contributed by atoms with Crippen LogP contribution in [0.1, 0.15) is 22.9 Å². The molecule has 0 aliphatic carbocycles. The fourth-order valence-corrected chi connectivity index (χ4v) is 3.52. The van der Waals surface area contributed by atoms with Crippen molar-refractivity contribution in [1.29, 1.82) is 0 Å². The molecule has 1 atom stereocenters.